The first-order valence-electron chi connectivity index (χ1n) is 2.77. The van der Waals surface area contributed by atoms with E-state index in [4.69, 9.17) is 5.11 Å². The summed E-state index contributed by atoms with van der Waals surface area (Å²) in [5.74, 6) is -0.247. The molecule has 0 bridgehead atoms. The third-order valence-electron chi connectivity index (χ3n) is 0.847. The molecule has 0 radical (unpaired) electrons. The van der Waals surface area contributed by atoms with Gasteiger partial charge in [0.2, 0.25) is 0 Å². The van der Waals surface area contributed by atoms with E-state index in [1.54, 1.807) is 13.0 Å². The van der Waals surface area contributed by atoms with Crippen LogP contribution >= 0.6 is 0 Å². The van der Waals surface area contributed by atoms with Gasteiger partial charge in [0.05, 0.1) is 12.4 Å². The summed E-state index contributed by atoms with van der Waals surface area (Å²) < 4.78 is 11.9. The van der Waals surface area contributed by atoms with Crippen molar-refractivity contribution in [3.63, 3.8) is 0 Å². The molecule has 0 atom stereocenters. The van der Waals surface area contributed by atoms with Crippen LogP contribution in [0.4, 0.5) is 4.39 Å². The van der Waals surface area contributed by atoms with Crippen LogP contribution in [-0.4, -0.2) is 11.7 Å². The lowest BCUT2D eigenvalue weighted by Crippen LogP contribution is -1.81. The first kappa shape index (κ1) is 8.37. The molecule has 0 aromatic heterocycles. The predicted molar refractivity (Wildman–Crippen MR) is 35.7 cm³/mol. The van der Waals surface area contributed by atoms with Gasteiger partial charge >= 0.3 is 0 Å². The fourth-order valence-electron chi connectivity index (χ4n) is 0.310. The van der Waals surface area contributed by atoms with E-state index in [2.05, 4.69) is 0 Å². The highest BCUT2D eigenvalue weighted by molar-refractivity contribution is 5.11. The lowest BCUT2D eigenvalue weighted by Gasteiger charge is -1.87. The Bertz CT molecular complexity index is 132. The molecule has 0 aromatic carbocycles. The first-order valence-corrected chi connectivity index (χ1v) is 2.77. The zero-order valence-electron chi connectivity index (χ0n) is 5.69. The molecule has 0 aliphatic carbocycles. The van der Waals surface area contributed by atoms with Crippen LogP contribution in [0.25, 0.3) is 0 Å². The maximum atomic E-state index is 11.9. The van der Waals surface area contributed by atoms with Gasteiger partial charge < -0.3 is 5.11 Å². The highest BCUT2D eigenvalue weighted by Gasteiger charge is 1.81. The van der Waals surface area contributed by atoms with E-state index in [0.29, 0.717) is 0 Å². The molecule has 0 unspecified atom stereocenters. The molecule has 9 heavy (non-hydrogen) atoms. The van der Waals surface area contributed by atoms with Gasteiger partial charge in [0.25, 0.3) is 0 Å². The van der Waals surface area contributed by atoms with Crippen molar-refractivity contribution < 1.29 is 9.50 Å². The average Bonchev–Trinajstić information content (AvgIpc) is 1.83. The molecule has 0 aliphatic heterocycles. The van der Waals surface area contributed by atoms with Crippen LogP contribution < -0.4 is 0 Å². The zero-order chi connectivity index (χ0) is 7.28. The third kappa shape index (κ3) is 5.24. The molecule has 0 fully saturated rings. The van der Waals surface area contributed by atoms with Gasteiger partial charge in [0.15, 0.2) is 0 Å². The Labute approximate surface area is 54.5 Å². The third-order valence-corrected chi connectivity index (χ3v) is 0.847. The molecule has 0 heterocycles. The maximum Gasteiger partial charge on any atom is 0.0968 e. The van der Waals surface area contributed by atoms with Gasteiger partial charge in [-0.2, -0.15) is 0 Å². The van der Waals surface area contributed by atoms with E-state index < -0.39 is 0 Å². The van der Waals surface area contributed by atoms with E-state index in [1.807, 2.05) is 0 Å². The number of aliphatic hydroxyl groups excluding tert-OH is 1. The molecule has 0 spiro atoms. The minimum Gasteiger partial charge on any atom is -0.392 e. The second-order valence-electron chi connectivity index (χ2n) is 1.92. The summed E-state index contributed by atoms with van der Waals surface area (Å²) in [5.41, 5.74) is 0.756. The first-order chi connectivity index (χ1) is 4.16. The predicted octanol–water partition coefficient (Wildman–Crippen LogP) is 1.80. The lowest BCUT2D eigenvalue weighted by atomic mass is 10.3. The molecule has 2 heteroatoms. The molecule has 0 saturated carbocycles. The molecular weight excluding hydrogens is 119 g/mol. The molecule has 0 aliphatic rings. The largest absolute Gasteiger partial charge is 0.392 e. The van der Waals surface area contributed by atoms with Crippen molar-refractivity contribution in [2.75, 3.05) is 6.61 Å². The summed E-state index contributed by atoms with van der Waals surface area (Å²) in [5, 5.41) is 8.43. The summed E-state index contributed by atoms with van der Waals surface area (Å²) in [6.45, 7) is 3.09. The van der Waals surface area contributed by atoms with Gasteiger partial charge in [-0.05, 0) is 25.5 Å². The monoisotopic (exact) mass is 130 g/mol. The Kier molecular flexibility index (Phi) is 3.97. The number of hydrogen-bond acceptors (Lipinski definition) is 1. The van der Waals surface area contributed by atoms with Gasteiger partial charge in [0.1, 0.15) is 0 Å². The second kappa shape index (κ2) is 4.27. The van der Waals surface area contributed by atoms with Crippen molar-refractivity contribution in [3.05, 3.63) is 23.6 Å². The topological polar surface area (TPSA) is 20.2 Å². The molecule has 0 amide bonds. The van der Waals surface area contributed by atoms with Crippen LogP contribution in [0, 0.1) is 0 Å². The fourth-order valence-corrected chi connectivity index (χ4v) is 0.310. The number of aliphatic hydroxyl groups is 1. The molecule has 0 aromatic rings. The van der Waals surface area contributed by atoms with Crippen LogP contribution in [0.5, 0.6) is 0 Å². The molecule has 1 N–H and O–H groups in total. The van der Waals surface area contributed by atoms with E-state index in [1.165, 1.54) is 13.0 Å². The number of rotatable bonds is 2. The van der Waals surface area contributed by atoms with Gasteiger partial charge in [-0.25, -0.2) is 4.39 Å². The van der Waals surface area contributed by atoms with Crippen LogP contribution in [0.1, 0.15) is 13.8 Å². The number of allylic oxidation sites excluding steroid dienone is 3. The van der Waals surface area contributed by atoms with Crippen LogP contribution in [-0.2, 0) is 0 Å². The summed E-state index contributed by atoms with van der Waals surface area (Å²) in [6, 6.07) is 0. The fraction of sp³-hybridized carbons (Fsp3) is 0.429. The Morgan fingerprint density at radius 3 is 2.33 bits per heavy atom. The van der Waals surface area contributed by atoms with E-state index >= 15 is 0 Å². The van der Waals surface area contributed by atoms with Gasteiger partial charge in [-0.15, -0.1) is 0 Å². The zero-order valence-corrected chi connectivity index (χ0v) is 5.69. The van der Waals surface area contributed by atoms with Crippen molar-refractivity contribution in [1.29, 1.82) is 0 Å². The quantitative estimate of drug-likeness (QED) is 0.565. The molecule has 1 nitrogen and oxygen atoms in total. The molecule has 52 valence electrons. The molecular formula is C7H11FO. The number of halogens is 1. The Morgan fingerprint density at radius 2 is 2.00 bits per heavy atom. The lowest BCUT2D eigenvalue weighted by molar-refractivity contribution is 0.331. The maximum absolute atomic E-state index is 11.9. The van der Waals surface area contributed by atoms with Gasteiger partial charge in [0, 0.05) is 0 Å². The summed E-state index contributed by atoms with van der Waals surface area (Å²) >= 11 is 0. The Balaban J connectivity index is 3.83. The summed E-state index contributed by atoms with van der Waals surface area (Å²) in [7, 11) is 0. The highest BCUT2D eigenvalue weighted by atomic mass is 19.1. The van der Waals surface area contributed by atoms with E-state index in [-0.39, 0.29) is 12.4 Å². The standard InChI is InChI=1S/C7H11FO/c1-6(5-9)3-4-7(2)8/h3-4,9H,5H2,1-2H3. The number of hydrogen-bond donors (Lipinski definition) is 1. The average molecular weight is 130 g/mol. The molecule has 0 saturated heterocycles. The van der Waals surface area contributed by atoms with Crippen LogP contribution in [0.2, 0.25) is 0 Å². The summed E-state index contributed by atoms with van der Waals surface area (Å²) in [6.07, 6.45) is 2.88. The van der Waals surface area contributed by atoms with Crippen molar-refractivity contribution in [2.24, 2.45) is 0 Å². The minimum absolute atomic E-state index is 0.0101. The van der Waals surface area contributed by atoms with E-state index in [9.17, 15) is 4.39 Å². The smallest absolute Gasteiger partial charge is 0.0968 e. The van der Waals surface area contributed by atoms with Crippen molar-refractivity contribution >= 4 is 0 Å². The normalized spacial score (nSPS) is 14.2. The van der Waals surface area contributed by atoms with Crippen molar-refractivity contribution in [3.8, 4) is 0 Å². The van der Waals surface area contributed by atoms with Crippen molar-refractivity contribution in [1.82, 2.24) is 0 Å². The van der Waals surface area contributed by atoms with Crippen molar-refractivity contribution in [2.45, 2.75) is 13.8 Å². The highest BCUT2D eigenvalue weighted by Crippen LogP contribution is 1.96. The van der Waals surface area contributed by atoms with Crippen LogP contribution in [0.3, 0.4) is 0 Å². The van der Waals surface area contributed by atoms with Gasteiger partial charge in [-0.3, -0.25) is 0 Å². The van der Waals surface area contributed by atoms with E-state index in [0.717, 1.165) is 5.57 Å². The SMILES string of the molecule is CC(F)=CC=C(C)CO. The minimum atomic E-state index is -0.247. The summed E-state index contributed by atoms with van der Waals surface area (Å²) in [4.78, 5) is 0. The molecule has 0 rings (SSSR count). The van der Waals surface area contributed by atoms with Crippen LogP contribution in [0.15, 0.2) is 23.6 Å². The Hall–Kier alpha value is -0.630. The van der Waals surface area contributed by atoms with Gasteiger partial charge in [-0.1, -0.05) is 6.08 Å². The second-order valence-corrected chi connectivity index (χ2v) is 1.92. The Morgan fingerprint density at radius 1 is 1.44 bits per heavy atom.